The second-order valence-corrected chi connectivity index (χ2v) is 6.36. The van der Waals surface area contributed by atoms with Gasteiger partial charge in [-0.3, -0.25) is 4.90 Å². The monoisotopic (exact) mass is 286 g/mol. The van der Waals surface area contributed by atoms with E-state index < -0.39 is 23.2 Å². The van der Waals surface area contributed by atoms with Crippen LogP contribution < -0.4 is 0 Å². The number of carboxylic acids is 1. The van der Waals surface area contributed by atoms with Gasteiger partial charge >= 0.3 is 12.1 Å². The van der Waals surface area contributed by atoms with Gasteiger partial charge in [0.05, 0.1) is 0 Å². The van der Waals surface area contributed by atoms with Crippen LogP contribution >= 0.6 is 0 Å². The molecule has 0 aliphatic carbocycles. The van der Waals surface area contributed by atoms with Gasteiger partial charge in [0.25, 0.3) is 0 Å². The van der Waals surface area contributed by atoms with E-state index in [-0.39, 0.29) is 0 Å². The first-order valence-corrected chi connectivity index (χ1v) is 7.05. The Balaban J connectivity index is 2.99. The molecule has 0 aromatic heterocycles. The standard InChI is InChI=1S/C14H26N2O4/c1-6-16(12(19)20-13(2,3)4)14(11(17)18)7-9-15(5)10-8-14/h6-10H2,1-5H3,(H,17,18). The Labute approximate surface area is 120 Å². The first-order valence-electron chi connectivity index (χ1n) is 7.05. The summed E-state index contributed by atoms with van der Waals surface area (Å²) in [6, 6.07) is 0. The number of hydrogen-bond donors (Lipinski definition) is 1. The minimum absolute atomic E-state index is 0.324. The predicted octanol–water partition coefficient (Wildman–Crippen LogP) is 1.79. The zero-order chi connectivity index (χ0) is 15.6. The fraction of sp³-hybridized carbons (Fsp3) is 0.857. The lowest BCUT2D eigenvalue weighted by molar-refractivity contribution is -0.154. The number of nitrogens with zero attached hydrogens (tertiary/aromatic N) is 2. The molecule has 1 aliphatic heterocycles. The van der Waals surface area contributed by atoms with E-state index in [2.05, 4.69) is 4.90 Å². The second-order valence-electron chi connectivity index (χ2n) is 6.36. The van der Waals surface area contributed by atoms with Crippen LogP contribution in [0.4, 0.5) is 4.79 Å². The summed E-state index contributed by atoms with van der Waals surface area (Å²) in [6.45, 7) is 8.76. The third kappa shape index (κ3) is 3.62. The molecule has 0 unspecified atom stereocenters. The van der Waals surface area contributed by atoms with E-state index in [0.717, 1.165) is 0 Å². The quantitative estimate of drug-likeness (QED) is 0.856. The maximum Gasteiger partial charge on any atom is 0.411 e. The van der Waals surface area contributed by atoms with Gasteiger partial charge in [0, 0.05) is 19.6 Å². The molecule has 1 amide bonds. The number of ether oxygens (including phenoxy) is 1. The molecule has 1 heterocycles. The molecule has 1 fully saturated rings. The van der Waals surface area contributed by atoms with E-state index >= 15 is 0 Å². The minimum atomic E-state index is -1.15. The zero-order valence-electron chi connectivity index (χ0n) is 13.1. The van der Waals surface area contributed by atoms with Crippen LogP contribution in [0.3, 0.4) is 0 Å². The van der Waals surface area contributed by atoms with Crippen molar-refractivity contribution in [1.29, 1.82) is 0 Å². The average Bonchev–Trinajstić information content (AvgIpc) is 2.30. The van der Waals surface area contributed by atoms with Crippen LogP contribution in [-0.2, 0) is 9.53 Å². The fourth-order valence-electron chi connectivity index (χ4n) is 2.51. The molecular weight excluding hydrogens is 260 g/mol. The number of carbonyl (C=O) groups is 2. The number of rotatable bonds is 3. The van der Waals surface area contributed by atoms with Gasteiger partial charge in [-0.15, -0.1) is 0 Å². The predicted molar refractivity (Wildman–Crippen MR) is 75.7 cm³/mol. The van der Waals surface area contributed by atoms with E-state index in [1.54, 1.807) is 27.7 Å². The molecule has 116 valence electrons. The number of carbonyl (C=O) groups excluding carboxylic acids is 1. The normalized spacial score (nSPS) is 19.4. The number of likely N-dealkylation sites (N-methyl/N-ethyl adjacent to an activating group) is 1. The molecule has 0 aromatic carbocycles. The van der Waals surface area contributed by atoms with Crippen molar-refractivity contribution in [2.24, 2.45) is 0 Å². The van der Waals surface area contributed by atoms with Crippen molar-refractivity contribution >= 4 is 12.1 Å². The van der Waals surface area contributed by atoms with Gasteiger partial charge < -0.3 is 14.7 Å². The van der Waals surface area contributed by atoms with Crippen LogP contribution in [0.15, 0.2) is 0 Å². The third-order valence-corrected chi connectivity index (χ3v) is 3.66. The zero-order valence-corrected chi connectivity index (χ0v) is 13.1. The van der Waals surface area contributed by atoms with Gasteiger partial charge in [-0.05, 0) is 47.6 Å². The molecule has 0 aromatic rings. The van der Waals surface area contributed by atoms with E-state index in [1.165, 1.54) is 4.90 Å². The number of piperidine rings is 1. The van der Waals surface area contributed by atoms with Crippen molar-refractivity contribution in [1.82, 2.24) is 9.80 Å². The first-order chi connectivity index (χ1) is 9.12. The van der Waals surface area contributed by atoms with Crippen LogP contribution in [0, 0.1) is 0 Å². The van der Waals surface area contributed by atoms with Crippen LogP contribution in [0.25, 0.3) is 0 Å². The van der Waals surface area contributed by atoms with Crippen molar-refractivity contribution < 1.29 is 19.4 Å². The lowest BCUT2D eigenvalue weighted by atomic mass is 9.86. The molecule has 1 rings (SSSR count). The molecule has 1 N–H and O–H groups in total. The molecular formula is C14H26N2O4. The van der Waals surface area contributed by atoms with Crippen molar-refractivity contribution in [2.75, 3.05) is 26.7 Å². The molecule has 0 spiro atoms. The Kier molecular flexibility index (Phi) is 5.02. The van der Waals surface area contributed by atoms with Gasteiger partial charge in [0.15, 0.2) is 0 Å². The largest absolute Gasteiger partial charge is 0.479 e. The summed E-state index contributed by atoms with van der Waals surface area (Å²) < 4.78 is 5.36. The Morgan fingerprint density at radius 1 is 1.30 bits per heavy atom. The molecule has 20 heavy (non-hydrogen) atoms. The van der Waals surface area contributed by atoms with Crippen LogP contribution in [0.2, 0.25) is 0 Å². The van der Waals surface area contributed by atoms with Crippen LogP contribution in [-0.4, -0.2) is 64.8 Å². The summed E-state index contributed by atoms with van der Waals surface area (Å²) in [5.41, 5.74) is -1.78. The summed E-state index contributed by atoms with van der Waals surface area (Å²) in [5, 5.41) is 9.66. The second kappa shape index (κ2) is 5.99. The number of carboxylic acid groups (broad SMARTS) is 1. The summed E-state index contributed by atoms with van der Waals surface area (Å²) in [4.78, 5) is 27.5. The van der Waals surface area contributed by atoms with Gasteiger partial charge in [-0.2, -0.15) is 0 Å². The number of amides is 1. The van der Waals surface area contributed by atoms with E-state index in [4.69, 9.17) is 4.74 Å². The lowest BCUT2D eigenvalue weighted by Crippen LogP contribution is -2.62. The van der Waals surface area contributed by atoms with Gasteiger partial charge in [-0.25, -0.2) is 9.59 Å². The lowest BCUT2D eigenvalue weighted by Gasteiger charge is -2.44. The van der Waals surface area contributed by atoms with Crippen molar-refractivity contribution in [3.8, 4) is 0 Å². The molecule has 0 saturated carbocycles. The molecule has 6 nitrogen and oxygen atoms in total. The van der Waals surface area contributed by atoms with E-state index in [1.807, 2.05) is 7.05 Å². The molecule has 0 atom stereocenters. The van der Waals surface area contributed by atoms with E-state index in [9.17, 15) is 14.7 Å². The topological polar surface area (TPSA) is 70.1 Å². The molecule has 1 aliphatic rings. The Bertz CT molecular complexity index is 368. The number of hydrogen-bond acceptors (Lipinski definition) is 4. The molecule has 1 saturated heterocycles. The average molecular weight is 286 g/mol. The maximum absolute atomic E-state index is 12.3. The van der Waals surface area contributed by atoms with Gasteiger partial charge in [0.1, 0.15) is 11.1 Å². The van der Waals surface area contributed by atoms with Crippen molar-refractivity contribution in [2.45, 2.75) is 51.7 Å². The first kappa shape index (κ1) is 16.8. The van der Waals surface area contributed by atoms with Gasteiger partial charge in [0.2, 0.25) is 0 Å². The Hall–Kier alpha value is -1.30. The van der Waals surface area contributed by atoms with Gasteiger partial charge in [-0.1, -0.05) is 0 Å². The highest BCUT2D eigenvalue weighted by Crippen LogP contribution is 2.30. The number of aliphatic carboxylic acids is 1. The molecule has 0 radical (unpaired) electrons. The molecule has 6 heteroatoms. The summed E-state index contributed by atoms with van der Waals surface area (Å²) in [6.07, 6.45) is 0.296. The highest BCUT2D eigenvalue weighted by atomic mass is 16.6. The molecule has 0 bridgehead atoms. The van der Waals surface area contributed by atoms with Crippen LogP contribution in [0.5, 0.6) is 0 Å². The summed E-state index contributed by atoms with van der Waals surface area (Å²) in [7, 11) is 1.95. The summed E-state index contributed by atoms with van der Waals surface area (Å²) >= 11 is 0. The highest BCUT2D eigenvalue weighted by Gasteiger charge is 2.48. The fourth-order valence-corrected chi connectivity index (χ4v) is 2.51. The maximum atomic E-state index is 12.3. The minimum Gasteiger partial charge on any atom is -0.479 e. The highest BCUT2D eigenvalue weighted by molar-refractivity contribution is 5.84. The SMILES string of the molecule is CCN(C(=O)OC(C)(C)C)C1(C(=O)O)CCN(C)CC1. The van der Waals surface area contributed by atoms with Crippen LogP contribution in [0.1, 0.15) is 40.5 Å². The van der Waals surface area contributed by atoms with Crippen molar-refractivity contribution in [3.05, 3.63) is 0 Å². The van der Waals surface area contributed by atoms with E-state index in [0.29, 0.717) is 32.5 Å². The Morgan fingerprint density at radius 2 is 1.80 bits per heavy atom. The van der Waals surface area contributed by atoms with Crippen molar-refractivity contribution in [3.63, 3.8) is 0 Å². The number of likely N-dealkylation sites (tertiary alicyclic amines) is 1. The third-order valence-electron chi connectivity index (χ3n) is 3.66. The summed E-state index contributed by atoms with van der Waals surface area (Å²) in [5.74, 6) is -0.946. The smallest absolute Gasteiger partial charge is 0.411 e. The Morgan fingerprint density at radius 3 is 2.15 bits per heavy atom.